The summed E-state index contributed by atoms with van der Waals surface area (Å²) in [5.74, 6) is 0.499. The van der Waals surface area contributed by atoms with Crippen molar-refractivity contribution < 1.29 is 17.9 Å². The van der Waals surface area contributed by atoms with Gasteiger partial charge in [-0.05, 0) is 57.0 Å². The third-order valence-electron chi connectivity index (χ3n) is 5.83. The van der Waals surface area contributed by atoms with Gasteiger partial charge in [-0.2, -0.15) is 4.31 Å². The second-order valence-corrected chi connectivity index (χ2v) is 12.1. The van der Waals surface area contributed by atoms with Gasteiger partial charge >= 0.3 is 6.03 Å². The highest BCUT2D eigenvalue weighted by atomic mass is 32.2. The summed E-state index contributed by atoms with van der Waals surface area (Å²) in [6.07, 6.45) is 1.08. The first-order valence-corrected chi connectivity index (χ1v) is 13.7. The summed E-state index contributed by atoms with van der Waals surface area (Å²) in [5.41, 5.74) is 1.64. The van der Waals surface area contributed by atoms with Crippen LogP contribution in [0.1, 0.15) is 26.7 Å². The summed E-state index contributed by atoms with van der Waals surface area (Å²) in [6.45, 7) is 4.60. The number of benzene rings is 2. The molecular formula is C23H28N4O4S3. The molecule has 1 fully saturated rings. The first-order chi connectivity index (χ1) is 16.2. The van der Waals surface area contributed by atoms with E-state index in [9.17, 15) is 13.2 Å². The molecule has 3 aromatic rings. The number of methoxy groups -OCH3 is 1. The van der Waals surface area contributed by atoms with Gasteiger partial charge in [-0.3, -0.25) is 4.90 Å². The molecule has 8 nitrogen and oxygen atoms in total. The molecule has 4 rings (SSSR count). The normalized spacial score (nSPS) is 15.6. The molecule has 0 radical (unpaired) electrons. The molecule has 0 saturated carbocycles. The van der Waals surface area contributed by atoms with Gasteiger partial charge in [0.05, 0.1) is 22.2 Å². The average molecular weight is 521 g/mol. The molecule has 1 aliphatic rings. The van der Waals surface area contributed by atoms with Gasteiger partial charge in [0.1, 0.15) is 10.1 Å². The van der Waals surface area contributed by atoms with Crippen molar-refractivity contribution in [1.29, 1.82) is 0 Å². The Kier molecular flexibility index (Phi) is 7.36. The van der Waals surface area contributed by atoms with Gasteiger partial charge < -0.3 is 10.1 Å². The van der Waals surface area contributed by atoms with Crippen LogP contribution in [0.3, 0.4) is 0 Å². The molecule has 1 N–H and O–H groups in total. The number of aromatic nitrogens is 1. The van der Waals surface area contributed by atoms with E-state index in [0.29, 0.717) is 36.0 Å². The lowest BCUT2D eigenvalue weighted by molar-refractivity contribution is 0.231. The van der Waals surface area contributed by atoms with Crippen molar-refractivity contribution in [2.45, 2.75) is 48.0 Å². The maximum atomic E-state index is 13.2. The van der Waals surface area contributed by atoms with Gasteiger partial charge in [-0.1, -0.05) is 6.07 Å². The van der Waals surface area contributed by atoms with E-state index in [-0.39, 0.29) is 23.0 Å². The summed E-state index contributed by atoms with van der Waals surface area (Å²) in [6, 6.07) is 11.9. The van der Waals surface area contributed by atoms with Crippen LogP contribution in [0, 0.1) is 0 Å². The maximum absolute atomic E-state index is 13.2. The predicted molar refractivity (Wildman–Crippen MR) is 138 cm³/mol. The Balaban J connectivity index is 1.42. The molecule has 0 aliphatic carbocycles. The third-order valence-corrected chi connectivity index (χ3v) is 8.92. The number of urea groups is 1. The molecule has 2 heterocycles. The molecule has 0 spiro atoms. The van der Waals surface area contributed by atoms with Crippen LogP contribution < -0.4 is 15.0 Å². The van der Waals surface area contributed by atoms with Crippen LogP contribution in [0.2, 0.25) is 0 Å². The number of amides is 2. The number of anilines is 1. The quantitative estimate of drug-likeness (QED) is 0.471. The first-order valence-electron chi connectivity index (χ1n) is 11.0. The van der Waals surface area contributed by atoms with E-state index in [2.05, 4.69) is 22.9 Å². The molecule has 0 atom stereocenters. The number of carbonyl (C=O) groups excluding carboxylic acids is 1. The Morgan fingerprint density at radius 2 is 1.97 bits per heavy atom. The van der Waals surface area contributed by atoms with Crippen LogP contribution in [0.15, 0.2) is 51.7 Å². The fraction of sp³-hybridized carbons (Fsp3) is 0.391. The smallest absolute Gasteiger partial charge is 0.322 e. The fourth-order valence-electron chi connectivity index (χ4n) is 4.10. The molecule has 0 unspecified atom stereocenters. The van der Waals surface area contributed by atoms with Crippen LogP contribution in [-0.2, 0) is 10.0 Å². The number of carbonyl (C=O) groups is 1. The minimum atomic E-state index is -3.62. The lowest BCUT2D eigenvalue weighted by atomic mass is 10.1. The SMILES string of the molecule is COc1cccc(S(=O)(=O)N2CCC(NC(=O)N(c3ccc4nc(S)sc4c3)C(C)C)CC2)c1. The number of nitrogens with zero attached hydrogens (tertiary/aromatic N) is 3. The molecule has 182 valence electrons. The fourth-order valence-corrected chi connectivity index (χ4v) is 6.74. The van der Waals surface area contributed by atoms with Gasteiger partial charge in [0, 0.05) is 36.9 Å². The van der Waals surface area contributed by atoms with E-state index in [0.717, 1.165) is 15.9 Å². The zero-order chi connectivity index (χ0) is 24.5. The van der Waals surface area contributed by atoms with Crippen molar-refractivity contribution in [2.24, 2.45) is 0 Å². The van der Waals surface area contributed by atoms with Gasteiger partial charge in [0.25, 0.3) is 0 Å². The van der Waals surface area contributed by atoms with Crippen molar-refractivity contribution in [3.05, 3.63) is 42.5 Å². The Morgan fingerprint density at radius 3 is 2.65 bits per heavy atom. The van der Waals surface area contributed by atoms with E-state index in [1.165, 1.54) is 28.8 Å². The molecule has 1 saturated heterocycles. The highest BCUT2D eigenvalue weighted by Gasteiger charge is 2.31. The van der Waals surface area contributed by atoms with Crippen molar-refractivity contribution in [3.63, 3.8) is 0 Å². The number of rotatable bonds is 6. The van der Waals surface area contributed by atoms with Crippen LogP contribution >= 0.6 is 24.0 Å². The molecule has 1 aromatic heterocycles. The van der Waals surface area contributed by atoms with Crippen LogP contribution in [0.4, 0.5) is 10.5 Å². The molecule has 0 bridgehead atoms. The second-order valence-electron chi connectivity index (χ2n) is 8.42. The molecular weight excluding hydrogens is 492 g/mol. The van der Waals surface area contributed by atoms with Crippen LogP contribution in [-0.4, -0.2) is 56.0 Å². The zero-order valence-corrected chi connectivity index (χ0v) is 21.8. The Morgan fingerprint density at radius 1 is 1.24 bits per heavy atom. The van der Waals surface area contributed by atoms with Gasteiger partial charge in [-0.25, -0.2) is 18.2 Å². The minimum absolute atomic E-state index is 0.0608. The Hall–Kier alpha value is -2.34. The van der Waals surface area contributed by atoms with Gasteiger partial charge in [-0.15, -0.1) is 24.0 Å². The number of hydrogen-bond acceptors (Lipinski definition) is 7. The van der Waals surface area contributed by atoms with Crippen LogP contribution in [0.25, 0.3) is 10.2 Å². The number of sulfonamides is 1. The number of piperidine rings is 1. The van der Waals surface area contributed by atoms with E-state index in [1.54, 1.807) is 23.1 Å². The number of thiol groups is 1. The summed E-state index contributed by atoms with van der Waals surface area (Å²) in [5, 5.41) is 3.10. The van der Waals surface area contributed by atoms with E-state index in [1.807, 2.05) is 32.0 Å². The molecule has 2 amide bonds. The summed E-state index contributed by atoms with van der Waals surface area (Å²) >= 11 is 5.79. The highest BCUT2D eigenvalue weighted by Crippen LogP contribution is 2.30. The topological polar surface area (TPSA) is 91.8 Å². The lowest BCUT2D eigenvalue weighted by Gasteiger charge is -2.34. The van der Waals surface area contributed by atoms with Crippen molar-refractivity contribution in [2.75, 3.05) is 25.1 Å². The van der Waals surface area contributed by atoms with E-state index < -0.39 is 10.0 Å². The molecule has 2 aromatic carbocycles. The molecule has 11 heteroatoms. The maximum Gasteiger partial charge on any atom is 0.322 e. The van der Waals surface area contributed by atoms with E-state index in [4.69, 9.17) is 4.74 Å². The van der Waals surface area contributed by atoms with Crippen molar-refractivity contribution in [3.8, 4) is 5.75 Å². The molecule has 1 aliphatic heterocycles. The zero-order valence-electron chi connectivity index (χ0n) is 19.3. The number of nitrogens with one attached hydrogen (secondary N) is 1. The summed E-state index contributed by atoms with van der Waals surface area (Å²) < 4.78 is 34.4. The highest BCUT2D eigenvalue weighted by molar-refractivity contribution is 7.89. The summed E-state index contributed by atoms with van der Waals surface area (Å²) in [4.78, 5) is 19.5. The van der Waals surface area contributed by atoms with Crippen molar-refractivity contribution in [1.82, 2.24) is 14.6 Å². The largest absolute Gasteiger partial charge is 0.497 e. The monoisotopic (exact) mass is 520 g/mol. The van der Waals surface area contributed by atoms with Crippen molar-refractivity contribution >= 4 is 55.9 Å². The second kappa shape index (κ2) is 10.1. The number of ether oxygens (including phenoxy) is 1. The number of hydrogen-bond donors (Lipinski definition) is 2. The number of thiazole rings is 1. The van der Waals surface area contributed by atoms with E-state index >= 15 is 0 Å². The first kappa shape index (κ1) is 24.8. The van der Waals surface area contributed by atoms with Gasteiger partial charge in [0.2, 0.25) is 10.0 Å². The lowest BCUT2D eigenvalue weighted by Crippen LogP contribution is -2.51. The third kappa shape index (κ3) is 5.17. The number of fused-ring (bicyclic) bond motifs is 1. The molecule has 34 heavy (non-hydrogen) atoms. The average Bonchev–Trinajstić information content (AvgIpc) is 3.18. The standard InChI is InChI=1S/C23H28N4O4S3/c1-15(2)27(17-7-8-20-21(13-17)33-23(32)25-20)22(28)24-16-9-11-26(12-10-16)34(29,30)19-6-4-5-18(14-19)31-3/h4-8,13-16H,9-12H2,1-3H3,(H,24,28)(H,25,32). The minimum Gasteiger partial charge on any atom is -0.497 e. The Labute approximate surface area is 209 Å². The summed E-state index contributed by atoms with van der Waals surface area (Å²) in [7, 11) is -2.11. The predicted octanol–water partition coefficient (Wildman–Crippen LogP) is 4.37. The van der Waals surface area contributed by atoms with Gasteiger partial charge in [0.15, 0.2) is 0 Å². The Bertz CT molecular complexity index is 1280. The van der Waals surface area contributed by atoms with Crippen LogP contribution in [0.5, 0.6) is 5.75 Å².